The van der Waals surface area contributed by atoms with Crippen molar-refractivity contribution in [1.29, 1.82) is 0 Å². The Bertz CT molecular complexity index is 803. The third-order valence-corrected chi connectivity index (χ3v) is 5.28. The summed E-state index contributed by atoms with van der Waals surface area (Å²) >= 11 is 0. The second-order valence-electron chi connectivity index (χ2n) is 7.17. The average Bonchev–Trinajstić information content (AvgIpc) is 2.72. The van der Waals surface area contributed by atoms with Crippen LogP contribution in [0.25, 0.3) is 0 Å². The minimum atomic E-state index is 0.206. The number of hydrogen-bond acceptors (Lipinski definition) is 5. The topological polar surface area (TPSA) is 58.6 Å². The van der Waals surface area contributed by atoms with Crippen LogP contribution in [0.2, 0.25) is 0 Å². The number of fused-ring (bicyclic) bond motifs is 1. The lowest BCUT2D eigenvalue weighted by atomic mass is 10.0. The Morgan fingerprint density at radius 1 is 1.11 bits per heavy atom. The van der Waals surface area contributed by atoms with Gasteiger partial charge in [-0.25, -0.2) is 9.97 Å². The van der Waals surface area contributed by atoms with Crippen molar-refractivity contribution in [3.8, 4) is 0 Å². The molecular formula is C21H26N4O2. The van der Waals surface area contributed by atoms with E-state index in [1.165, 1.54) is 5.56 Å². The zero-order valence-corrected chi connectivity index (χ0v) is 15.9. The molecule has 2 aliphatic heterocycles. The van der Waals surface area contributed by atoms with E-state index in [-0.39, 0.29) is 5.91 Å². The minimum Gasteiger partial charge on any atom is -0.378 e. The summed E-state index contributed by atoms with van der Waals surface area (Å²) in [6, 6.07) is 10.2. The zero-order valence-electron chi connectivity index (χ0n) is 15.9. The lowest BCUT2D eigenvalue weighted by Gasteiger charge is -2.34. The summed E-state index contributed by atoms with van der Waals surface area (Å²) in [5, 5.41) is 0. The maximum Gasteiger partial charge on any atom is 0.223 e. The van der Waals surface area contributed by atoms with Gasteiger partial charge >= 0.3 is 0 Å². The summed E-state index contributed by atoms with van der Waals surface area (Å²) in [5.74, 6) is 2.00. The van der Waals surface area contributed by atoms with Gasteiger partial charge in [-0.2, -0.15) is 0 Å². The molecular weight excluding hydrogens is 340 g/mol. The van der Waals surface area contributed by atoms with Crippen molar-refractivity contribution in [3.63, 3.8) is 0 Å². The van der Waals surface area contributed by atoms with Crippen LogP contribution in [-0.4, -0.2) is 53.6 Å². The molecule has 1 fully saturated rings. The minimum absolute atomic E-state index is 0.206. The summed E-state index contributed by atoms with van der Waals surface area (Å²) < 4.78 is 5.48. The summed E-state index contributed by atoms with van der Waals surface area (Å²) in [4.78, 5) is 26.4. The lowest BCUT2D eigenvalue weighted by molar-refractivity contribution is -0.132. The lowest BCUT2D eigenvalue weighted by Crippen LogP contribution is -2.41. The van der Waals surface area contributed by atoms with Gasteiger partial charge in [-0.05, 0) is 18.9 Å². The number of benzene rings is 1. The number of aromatic nitrogens is 2. The fraction of sp³-hybridized carbons (Fsp3) is 0.476. The number of hydrogen-bond donors (Lipinski definition) is 0. The highest BCUT2D eigenvalue weighted by molar-refractivity contribution is 5.77. The molecule has 6 nitrogen and oxygen atoms in total. The highest BCUT2D eigenvalue weighted by atomic mass is 16.5. The van der Waals surface area contributed by atoms with Gasteiger partial charge < -0.3 is 14.5 Å². The van der Waals surface area contributed by atoms with E-state index in [9.17, 15) is 4.79 Å². The number of carbonyl (C=O) groups is 1. The standard InChI is InChI=1S/C21H26N4O2/c1-16-22-19-9-10-25(20(26)8-7-17-5-3-2-4-6-17)15-18(19)21(23-16)24-11-13-27-14-12-24/h2-6H,7-15H2,1H3. The molecule has 4 rings (SSSR count). The average molecular weight is 366 g/mol. The number of rotatable bonds is 4. The molecule has 6 heteroatoms. The number of carbonyl (C=O) groups excluding carboxylic acids is 1. The summed E-state index contributed by atoms with van der Waals surface area (Å²) in [5.41, 5.74) is 3.41. The van der Waals surface area contributed by atoms with Gasteiger partial charge in [0.25, 0.3) is 0 Å². The van der Waals surface area contributed by atoms with Crippen molar-refractivity contribution in [3.05, 3.63) is 53.0 Å². The van der Waals surface area contributed by atoms with Crippen LogP contribution >= 0.6 is 0 Å². The fourth-order valence-electron chi connectivity index (χ4n) is 3.82. The highest BCUT2D eigenvalue weighted by Crippen LogP contribution is 2.27. The van der Waals surface area contributed by atoms with Gasteiger partial charge in [0.15, 0.2) is 0 Å². The quantitative estimate of drug-likeness (QED) is 0.830. The zero-order chi connectivity index (χ0) is 18.6. The van der Waals surface area contributed by atoms with E-state index in [0.29, 0.717) is 13.0 Å². The molecule has 1 aromatic heterocycles. The van der Waals surface area contributed by atoms with E-state index >= 15 is 0 Å². The Kier molecular flexibility index (Phi) is 5.34. The van der Waals surface area contributed by atoms with Gasteiger partial charge in [0.05, 0.1) is 25.5 Å². The highest BCUT2D eigenvalue weighted by Gasteiger charge is 2.27. The molecule has 3 heterocycles. The van der Waals surface area contributed by atoms with Crippen molar-refractivity contribution in [1.82, 2.24) is 14.9 Å². The fourth-order valence-corrected chi connectivity index (χ4v) is 3.82. The molecule has 1 saturated heterocycles. The predicted octanol–water partition coefficient (Wildman–Crippen LogP) is 2.14. The Morgan fingerprint density at radius 3 is 2.67 bits per heavy atom. The number of amides is 1. The first-order chi connectivity index (χ1) is 13.2. The van der Waals surface area contributed by atoms with Gasteiger partial charge in [-0.15, -0.1) is 0 Å². The molecule has 0 unspecified atom stereocenters. The first-order valence-corrected chi connectivity index (χ1v) is 9.71. The van der Waals surface area contributed by atoms with Crippen LogP contribution in [0.1, 0.15) is 29.1 Å². The summed E-state index contributed by atoms with van der Waals surface area (Å²) in [6.45, 7) is 6.40. The van der Waals surface area contributed by atoms with Crippen molar-refractivity contribution in [2.24, 2.45) is 0 Å². The molecule has 2 aromatic rings. The van der Waals surface area contributed by atoms with Gasteiger partial charge in [0.1, 0.15) is 11.6 Å². The van der Waals surface area contributed by atoms with E-state index in [4.69, 9.17) is 9.72 Å². The molecule has 142 valence electrons. The number of anilines is 1. The van der Waals surface area contributed by atoms with Gasteiger partial charge in [0, 0.05) is 38.0 Å². The number of nitrogens with zero attached hydrogens (tertiary/aromatic N) is 4. The molecule has 0 saturated carbocycles. The van der Waals surface area contributed by atoms with Crippen molar-refractivity contribution >= 4 is 11.7 Å². The van der Waals surface area contributed by atoms with Crippen LogP contribution < -0.4 is 4.90 Å². The van der Waals surface area contributed by atoms with Crippen LogP contribution in [0.5, 0.6) is 0 Å². The second-order valence-corrected chi connectivity index (χ2v) is 7.17. The van der Waals surface area contributed by atoms with E-state index in [2.05, 4.69) is 22.0 Å². The third-order valence-electron chi connectivity index (χ3n) is 5.28. The maximum absolute atomic E-state index is 12.8. The molecule has 0 aliphatic carbocycles. The molecule has 0 N–H and O–H groups in total. The van der Waals surface area contributed by atoms with Crippen molar-refractivity contribution in [2.75, 3.05) is 37.7 Å². The first-order valence-electron chi connectivity index (χ1n) is 9.71. The molecule has 0 bridgehead atoms. The van der Waals surface area contributed by atoms with Crippen molar-refractivity contribution < 1.29 is 9.53 Å². The number of ether oxygens (including phenoxy) is 1. The first kappa shape index (κ1) is 17.9. The predicted molar refractivity (Wildman–Crippen MR) is 104 cm³/mol. The van der Waals surface area contributed by atoms with Crippen LogP contribution in [-0.2, 0) is 28.9 Å². The van der Waals surface area contributed by atoms with Crippen LogP contribution in [0.4, 0.5) is 5.82 Å². The third kappa shape index (κ3) is 4.11. The normalized spacial score (nSPS) is 16.9. The Morgan fingerprint density at radius 2 is 1.89 bits per heavy atom. The van der Waals surface area contributed by atoms with E-state index in [1.807, 2.05) is 30.0 Å². The summed E-state index contributed by atoms with van der Waals surface area (Å²) in [6.07, 6.45) is 2.12. The Labute approximate surface area is 160 Å². The molecule has 2 aliphatic rings. The monoisotopic (exact) mass is 366 g/mol. The van der Waals surface area contributed by atoms with Crippen LogP contribution in [0, 0.1) is 6.92 Å². The number of aryl methyl sites for hydroxylation is 2. The van der Waals surface area contributed by atoms with Crippen molar-refractivity contribution in [2.45, 2.75) is 32.7 Å². The summed E-state index contributed by atoms with van der Waals surface area (Å²) in [7, 11) is 0. The van der Waals surface area contributed by atoms with E-state index in [0.717, 1.165) is 68.6 Å². The molecule has 27 heavy (non-hydrogen) atoms. The Hall–Kier alpha value is -2.47. The van der Waals surface area contributed by atoms with Crippen LogP contribution in [0.15, 0.2) is 30.3 Å². The smallest absolute Gasteiger partial charge is 0.223 e. The Balaban J connectivity index is 1.49. The van der Waals surface area contributed by atoms with Gasteiger partial charge in [-0.1, -0.05) is 30.3 Å². The largest absolute Gasteiger partial charge is 0.378 e. The molecule has 0 radical (unpaired) electrons. The molecule has 0 spiro atoms. The molecule has 1 aromatic carbocycles. The maximum atomic E-state index is 12.8. The van der Waals surface area contributed by atoms with E-state index < -0.39 is 0 Å². The molecule has 0 atom stereocenters. The second kappa shape index (κ2) is 8.05. The number of morpholine rings is 1. The van der Waals surface area contributed by atoms with Gasteiger partial charge in [0.2, 0.25) is 5.91 Å². The SMILES string of the molecule is Cc1nc2c(c(N3CCOCC3)n1)CN(C(=O)CCc1ccccc1)CC2. The van der Waals surface area contributed by atoms with E-state index in [1.54, 1.807) is 0 Å². The molecule has 1 amide bonds. The van der Waals surface area contributed by atoms with Crippen LogP contribution in [0.3, 0.4) is 0 Å². The van der Waals surface area contributed by atoms with Gasteiger partial charge in [-0.3, -0.25) is 4.79 Å².